The largest absolute Gasteiger partial charge is 0.352 e. The SMILES string of the molecule is Cc1ccc([C@@H]2CN(C)[C@@]3(C(=O)Nc4ccccc43)[C@]23CCc2c([nH]c4ccccc24)C3=O)cc1. The van der Waals surface area contributed by atoms with E-state index in [1.165, 1.54) is 5.56 Å². The quantitative estimate of drug-likeness (QED) is 0.411. The number of para-hydroxylation sites is 2. The van der Waals surface area contributed by atoms with E-state index in [1.807, 2.05) is 49.5 Å². The molecule has 1 fully saturated rings. The maximum absolute atomic E-state index is 14.9. The zero-order valence-electron chi connectivity index (χ0n) is 19.9. The Labute approximate surface area is 204 Å². The van der Waals surface area contributed by atoms with Gasteiger partial charge in [0.25, 0.3) is 5.91 Å². The molecule has 2 spiro atoms. The van der Waals surface area contributed by atoms with E-state index in [9.17, 15) is 9.59 Å². The smallest absolute Gasteiger partial charge is 0.250 e. The van der Waals surface area contributed by atoms with Gasteiger partial charge >= 0.3 is 0 Å². The van der Waals surface area contributed by atoms with Crippen molar-refractivity contribution in [1.82, 2.24) is 9.88 Å². The van der Waals surface area contributed by atoms with Crippen molar-refractivity contribution in [1.29, 1.82) is 0 Å². The van der Waals surface area contributed by atoms with Crippen LogP contribution in [-0.2, 0) is 16.8 Å². The van der Waals surface area contributed by atoms with Gasteiger partial charge in [-0.15, -0.1) is 0 Å². The molecule has 3 atom stereocenters. The van der Waals surface area contributed by atoms with E-state index in [2.05, 4.69) is 52.5 Å². The van der Waals surface area contributed by atoms with Crippen molar-refractivity contribution in [3.8, 4) is 0 Å². The molecule has 1 aliphatic carbocycles. The summed E-state index contributed by atoms with van der Waals surface area (Å²) < 4.78 is 0. The number of nitrogens with zero attached hydrogens (tertiary/aromatic N) is 1. The number of amides is 1. The predicted molar refractivity (Wildman–Crippen MR) is 137 cm³/mol. The first-order chi connectivity index (χ1) is 17.0. The van der Waals surface area contributed by atoms with Crippen LogP contribution in [0.1, 0.15) is 45.1 Å². The number of likely N-dealkylation sites (N-methyl/N-ethyl adjacent to an activating group) is 1. The van der Waals surface area contributed by atoms with E-state index in [4.69, 9.17) is 0 Å². The molecule has 35 heavy (non-hydrogen) atoms. The Morgan fingerprint density at radius 1 is 0.943 bits per heavy atom. The standard InChI is InChI=1S/C30H27N3O2/c1-18-11-13-19(14-12-18)23-17-33(2)30(22-8-4-6-10-25(22)32-28(30)35)29(23)16-15-21-20-7-3-5-9-24(20)31-26(21)27(29)34/h3-14,23,31H,15-17H2,1-2H3,(H,32,35)/t23-,29+,30-/m0/s1. The number of rotatable bonds is 1. The van der Waals surface area contributed by atoms with Gasteiger partial charge in [0, 0.05) is 34.6 Å². The van der Waals surface area contributed by atoms with Crippen LogP contribution >= 0.6 is 0 Å². The minimum absolute atomic E-state index is 0.0525. The number of aryl methyl sites for hydroxylation is 2. The van der Waals surface area contributed by atoms with Crippen LogP contribution in [0.2, 0.25) is 0 Å². The predicted octanol–water partition coefficient (Wildman–Crippen LogP) is 5.17. The first kappa shape index (κ1) is 20.7. The van der Waals surface area contributed by atoms with Crippen LogP contribution < -0.4 is 5.32 Å². The summed E-state index contributed by atoms with van der Waals surface area (Å²) in [4.78, 5) is 34.6. The van der Waals surface area contributed by atoms with E-state index >= 15 is 0 Å². The minimum Gasteiger partial charge on any atom is -0.352 e. The molecule has 2 N–H and O–H groups in total. The molecule has 5 nitrogen and oxygen atoms in total. The van der Waals surface area contributed by atoms with Crippen molar-refractivity contribution >= 4 is 28.3 Å². The Morgan fingerprint density at radius 2 is 1.69 bits per heavy atom. The molecular formula is C30H27N3O2. The van der Waals surface area contributed by atoms with Crippen molar-refractivity contribution in [3.05, 3.63) is 101 Å². The number of likely N-dealkylation sites (tertiary alicyclic amines) is 1. The number of aromatic amines is 1. The number of ketones is 1. The Hall–Kier alpha value is -3.70. The van der Waals surface area contributed by atoms with Crippen LogP contribution in [-0.4, -0.2) is 35.2 Å². The second kappa shape index (κ2) is 6.92. The lowest BCUT2D eigenvalue weighted by molar-refractivity contribution is -0.130. The van der Waals surface area contributed by atoms with Crippen molar-refractivity contribution in [2.24, 2.45) is 5.41 Å². The van der Waals surface area contributed by atoms with Crippen molar-refractivity contribution in [2.75, 3.05) is 18.9 Å². The number of aromatic nitrogens is 1. The van der Waals surface area contributed by atoms with Gasteiger partial charge in [-0.2, -0.15) is 0 Å². The van der Waals surface area contributed by atoms with Crippen LogP contribution in [0, 0.1) is 12.3 Å². The summed E-state index contributed by atoms with van der Waals surface area (Å²) in [7, 11) is 2.01. The summed E-state index contributed by atoms with van der Waals surface area (Å²) >= 11 is 0. The molecule has 1 saturated heterocycles. The molecular weight excluding hydrogens is 434 g/mol. The lowest BCUT2D eigenvalue weighted by Crippen LogP contribution is -2.60. The summed E-state index contributed by atoms with van der Waals surface area (Å²) in [6, 6.07) is 24.5. The van der Waals surface area contributed by atoms with Crippen molar-refractivity contribution < 1.29 is 9.59 Å². The van der Waals surface area contributed by atoms with Crippen LogP contribution in [0.4, 0.5) is 5.69 Å². The zero-order valence-corrected chi connectivity index (χ0v) is 19.9. The Balaban J connectivity index is 1.54. The van der Waals surface area contributed by atoms with E-state index < -0.39 is 11.0 Å². The molecule has 0 radical (unpaired) electrons. The van der Waals surface area contributed by atoms with Gasteiger partial charge in [0.1, 0.15) is 5.54 Å². The lowest BCUT2D eigenvalue weighted by Gasteiger charge is -2.47. The number of carbonyl (C=O) groups excluding carboxylic acids is 2. The molecule has 0 unspecified atom stereocenters. The number of anilines is 1. The highest BCUT2D eigenvalue weighted by atomic mass is 16.2. The normalized spacial score (nSPS) is 27.5. The van der Waals surface area contributed by atoms with Crippen LogP contribution in [0.15, 0.2) is 72.8 Å². The molecule has 4 aromatic rings. The third-order valence-electron chi connectivity index (χ3n) is 8.86. The third kappa shape index (κ3) is 2.36. The molecule has 0 bridgehead atoms. The third-order valence-corrected chi connectivity index (χ3v) is 8.86. The monoisotopic (exact) mass is 461 g/mol. The minimum atomic E-state index is -1.06. The average Bonchev–Trinajstić information content (AvgIpc) is 3.48. The number of Topliss-reactive ketones (excluding diaryl/α,β-unsaturated/α-hetero) is 1. The summed E-state index contributed by atoms with van der Waals surface area (Å²) in [6.45, 7) is 2.71. The molecule has 5 heteroatoms. The Morgan fingerprint density at radius 3 is 2.51 bits per heavy atom. The van der Waals surface area contributed by atoms with Gasteiger partial charge in [0.2, 0.25) is 0 Å². The summed E-state index contributed by atoms with van der Waals surface area (Å²) in [6.07, 6.45) is 1.36. The number of benzene rings is 3. The van der Waals surface area contributed by atoms with E-state index in [0.29, 0.717) is 18.7 Å². The van der Waals surface area contributed by atoms with Gasteiger partial charge in [-0.3, -0.25) is 14.5 Å². The fourth-order valence-electron chi connectivity index (χ4n) is 7.40. The van der Waals surface area contributed by atoms with Gasteiger partial charge in [0.15, 0.2) is 5.78 Å². The molecule has 2 aliphatic heterocycles. The molecule has 3 aliphatic rings. The molecule has 0 saturated carbocycles. The number of hydrogen-bond donors (Lipinski definition) is 2. The zero-order chi connectivity index (χ0) is 23.9. The van der Waals surface area contributed by atoms with Crippen molar-refractivity contribution in [2.45, 2.75) is 31.2 Å². The van der Waals surface area contributed by atoms with Crippen molar-refractivity contribution in [3.63, 3.8) is 0 Å². The second-order valence-corrected chi connectivity index (χ2v) is 10.4. The summed E-state index contributed by atoms with van der Waals surface area (Å²) in [5, 5.41) is 4.25. The topological polar surface area (TPSA) is 65.2 Å². The maximum Gasteiger partial charge on any atom is 0.250 e. The highest BCUT2D eigenvalue weighted by Crippen LogP contribution is 2.66. The summed E-state index contributed by atoms with van der Waals surface area (Å²) in [5.41, 5.74) is 4.75. The Kier molecular flexibility index (Phi) is 4.09. The highest BCUT2D eigenvalue weighted by molar-refractivity contribution is 6.16. The summed E-state index contributed by atoms with van der Waals surface area (Å²) in [5.74, 6) is -0.155. The second-order valence-electron chi connectivity index (χ2n) is 10.4. The molecule has 7 rings (SSSR count). The number of nitrogens with one attached hydrogen (secondary N) is 2. The lowest BCUT2D eigenvalue weighted by atomic mass is 9.54. The van der Waals surface area contributed by atoms with Crippen LogP contribution in [0.5, 0.6) is 0 Å². The molecule has 1 aromatic heterocycles. The molecule has 3 heterocycles. The molecule has 1 amide bonds. The number of fused-ring (bicyclic) bond motifs is 6. The number of hydrogen-bond acceptors (Lipinski definition) is 3. The Bertz CT molecular complexity index is 1540. The van der Waals surface area contributed by atoms with E-state index in [0.717, 1.165) is 39.7 Å². The van der Waals surface area contributed by atoms with Gasteiger partial charge in [-0.25, -0.2) is 0 Å². The van der Waals surface area contributed by atoms with Gasteiger partial charge in [-0.1, -0.05) is 66.2 Å². The molecule has 174 valence electrons. The highest BCUT2D eigenvalue weighted by Gasteiger charge is 2.74. The first-order valence-corrected chi connectivity index (χ1v) is 12.3. The van der Waals surface area contributed by atoms with Gasteiger partial charge in [-0.05, 0) is 50.1 Å². The number of carbonyl (C=O) groups is 2. The van der Waals surface area contributed by atoms with Gasteiger partial charge < -0.3 is 10.3 Å². The van der Waals surface area contributed by atoms with E-state index in [1.54, 1.807) is 0 Å². The first-order valence-electron chi connectivity index (χ1n) is 12.3. The fraction of sp³-hybridized carbons (Fsp3) is 0.267. The fourth-order valence-corrected chi connectivity index (χ4v) is 7.40. The number of H-pyrrole nitrogens is 1. The average molecular weight is 462 g/mol. The van der Waals surface area contributed by atoms with Crippen LogP contribution in [0.25, 0.3) is 10.9 Å². The van der Waals surface area contributed by atoms with Gasteiger partial charge in [0.05, 0.1) is 11.1 Å². The molecule has 3 aromatic carbocycles. The maximum atomic E-state index is 14.9. The van der Waals surface area contributed by atoms with Crippen LogP contribution in [0.3, 0.4) is 0 Å². The van der Waals surface area contributed by atoms with E-state index in [-0.39, 0.29) is 17.6 Å².